The molecule has 2 aliphatic rings. The van der Waals surface area contributed by atoms with Gasteiger partial charge in [0.05, 0.1) is 6.20 Å². The van der Waals surface area contributed by atoms with Crippen LogP contribution in [0.1, 0.15) is 24.8 Å². The number of nitrogens with one attached hydrogen (secondary N) is 1. The number of rotatable bonds is 2. The zero-order valence-corrected chi connectivity index (χ0v) is 12.2. The topological polar surface area (TPSA) is 67.2 Å². The molecule has 2 amide bonds. The SMILES string of the molecule is Cn1cc(C=CC(=O)N2CCC3(CC2)CNC(=O)C3)cn1. The van der Waals surface area contributed by atoms with Crippen molar-refractivity contribution in [3.8, 4) is 0 Å². The molecule has 6 nitrogen and oxygen atoms in total. The number of amides is 2. The average molecular weight is 288 g/mol. The van der Waals surface area contributed by atoms with Crippen LogP contribution in [0.2, 0.25) is 0 Å². The summed E-state index contributed by atoms with van der Waals surface area (Å²) in [4.78, 5) is 25.4. The summed E-state index contributed by atoms with van der Waals surface area (Å²) in [6.45, 7) is 2.22. The van der Waals surface area contributed by atoms with E-state index >= 15 is 0 Å². The highest BCUT2D eigenvalue weighted by atomic mass is 16.2. The van der Waals surface area contributed by atoms with Crippen molar-refractivity contribution < 1.29 is 9.59 Å². The second kappa shape index (κ2) is 5.35. The van der Waals surface area contributed by atoms with Crippen LogP contribution in [0.4, 0.5) is 0 Å². The van der Waals surface area contributed by atoms with Crippen LogP contribution in [0, 0.1) is 5.41 Å². The van der Waals surface area contributed by atoms with E-state index in [-0.39, 0.29) is 17.2 Å². The molecule has 112 valence electrons. The van der Waals surface area contributed by atoms with Crippen LogP contribution < -0.4 is 5.32 Å². The van der Waals surface area contributed by atoms with Crippen molar-refractivity contribution in [1.29, 1.82) is 0 Å². The Labute approximate surface area is 123 Å². The molecule has 0 aromatic carbocycles. The van der Waals surface area contributed by atoms with Gasteiger partial charge < -0.3 is 10.2 Å². The van der Waals surface area contributed by atoms with Crippen LogP contribution in [0.25, 0.3) is 6.08 Å². The smallest absolute Gasteiger partial charge is 0.246 e. The lowest BCUT2D eigenvalue weighted by Gasteiger charge is -2.37. The second-order valence-electron chi connectivity index (χ2n) is 6.06. The molecule has 0 bridgehead atoms. The number of carbonyl (C=O) groups is 2. The minimum atomic E-state index is 0.0333. The van der Waals surface area contributed by atoms with Gasteiger partial charge in [0.2, 0.25) is 11.8 Å². The van der Waals surface area contributed by atoms with Gasteiger partial charge in [0.1, 0.15) is 0 Å². The van der Waals surface area contributed by atoms with E-state index in [1.807, 2.05) is 18.1 Å². The van der Waals surface area contributed by atoms with Gasteiger partial charge in [-0.25, -0.2) is 0 Å². The number of hydrogen-bond acceptors (Lipinski definition) is 3. The van der Waals surface area contributed by atoms with E-state index in [0.717, 1.165) is 38.0 Å². The molecule has 2 aliphatic heterocycles. The number of nitrogens with zero attached hydrogens (tertiary/aromatic N) is 3. The molecular formula is C15H20N4O2. The zero-order chi connectivity index (χ0) is 14.9. The lowest BCUT2D eigenvalue weighted by atomic mass is 9.77. The van der Waals surface area contributed by atoms with Crippen LogP contribution in [0.3, 0.4) is 0 Å². The Morgan fingerprint density at radius 3 is 2.76 bits per heavy atom. The molecule has 0 aliphatic carbocycles. The number of aryl methyl sites for hydroxylation is 1. The van der Waals surface area contributed by atoms with Gasteiger partial charge in [0, 0.05) is 50.9 Å². The predicted molar refractivity (Wildman–Crippen MR) is 78.1 cm³/mol. The molecule has 0 unspecified atom stereocenters. The van der Waals surface area contributed by atoms with Gasteiger partial charge in [-0.1, -0.05) is 0 Å². The minimum Gasteiger partial charge on any atom is -0.356 e. The van der Waals surface area contributed by atoms with Crippen molar-refractivity contribution in [2.24, 2.45) is 12.5 Å². The summed E-state index contributed by atoms with van der Waals surface area (Å²) in [6.07, 6.45) is 9.40. The van der Waals surface area contributed by atoms with Gasteiger partial charge in [-0.2, -0.15) is 5.10 Å². The molecule has 6 heteroatoms. The van der Waals surface area contributed by atoms with Crippen LogP contribution in [-0.2, 0) is 16.6 Å². The molecule has 3 rings (SSSR count). The van der Waals surface area contributed by atoms with Crippen molar-refractivity contribution in [1.82, 2.24) is 20.0 Å². The van der Waals surface area contributed by atoms with Gasteiger partial charge >= 0.3 is 0 Å². The summed E-state index contributed by atoms with van der Waals surface area (Å²) in [7, 11) is 1.85. The number of hydrogen-bond donors (Lipinski definition) is 1. The molecule has 2 fully saturated rings. The zero-order valence-electron chi connectivity index (χ0n) is 12.2. The van der Waals surface area contributed by atoms with Crippen molar-refractivity contribution in [2.75, 3.05) is 19.6 Å². The summed E-state index contributed by atoms with van der Waals surface area (Å²) in [5.41, 5.74) is 1.01. The van der Waals surface area contributed by atoms with Crippen LogP contribution in [0.15, 0.2) is 18.5 Å². The highest BCUT2D eigenvalue weighted by Gasteiger charge is 2.41. The Kier molecular flexibility index (Phi) is 3.53. The second-order valence-corrected chi connectivity index (χ2v) is 6.06. The van der Waals surface area contributed by atoms with Crippen LogP contribution in [-0.4, -0.2) is 46.1 Å². The largest absolute Gasteiger partial charge is 0.356 e. The molecular weight excluding hydrogens is 268 g/mol. The van der Waals surface area contributed by atoms with E-state index in [2.05, 4.69) is 10.4 Å². The Morgan fingerprint density at radius 2 is 2.19 bits per heavy atom. The maximum absolute atomic E-state index is 12.2. The summed E-state index contributed by atoms with van der Waals surface area (Å²) >= 11 is 0. The first kappa shape index (κ1) is 13.9. The van der Waals surface area contributed by atoms with Gasteiger partial charge in [-0.05, 0) is 24.3 Å². The molecule has 3 heterocycles. The van der Waals surface area contributed by atoms with E-state index < -0.39 is 0 Å². The van der Waals surface area contributed by atoms with Gasteiger partial charge in [-0.15, -0.1) is 0 Å². The molecule has 0 saturated carbocycles. The van der Waals surface area contributed by atoms with Crippen molar-refractivity contribution in [3.05, 3.63) is 24.0 Å². The Hall–Kier alpha value is -2.11. The third kappa shape index (κ3) is 2.99. The number of aromatic nitrogens is 2. The van der Waals surface area contributed by atoms with Crippen molar-refractivity contribution in [3.63, 3.8) is 0 Å². The van der Waals surface area contributed by atoms with E-state index in [9.17, 15) is 9.59 Å². The highest BCUT2D eigenvalue weighted by molar-refractivity contribution is 5.91. The Bertz CT molecular complexity index is 582. The van der Waals surface area contributed by atoms with Crippen molar-refractivity contribution in [2.45, 2.75) is 19.3 Å². The highest BCUT2D eigenvalue weighted by Crippen LogP contribution is 2.37. The van der Waals surface area contributed by atoms with E-state index in [1.165, 1.54) is 0 Å². The van der Waals surface area contributed by atoms with Crippen LogP contribution in [0.5, 0.6) is 0 Å². The molecule has 21 heavy (non-hydrogen) atoms. The Balaban J connectivity index is 1.55. The standard InChI is InChI=1S/C15H20N4O2/c1-18-10-12(9-17-18)2-3-14(21)19-6-4-15(5-7-19)8-13(20)16-11-15/h2-3,9-10H,4-8,11H2,1H3,(H,16,20). The summed E-state index contributed by atoms with van der Waals surface area (Å²) in [5, 5.41) is 6.97. The van der Waals surface area contributed by atoms with Crippen molar-refractivity contribution >= 4 is 17.9 Å². The lowest BCUT2D eigenvalue weighted by Crippen LogP contribution is -2.43. The van der Waals surface area contributed by atoms with E-state index in [0.29, 0.717) is 6.42 Å². The number of carbonyl (C=O) groups excluding carboxylic acids is 2. The first-order valence-corrected chi connectivity index (χ1v) is 7.29. The normalized spacial score (nSPS) is 21.2. The fraction of sp³-hybridized carbons (Fsp3) is 0.533. The number of piperidine rings is 1. The first-order chi connectivity index (χ1) is 10.1. The molecule has 1 aromatic rings. The minimum absolute atomic E-state index is 0.0333. The molecule has 1 N–H and O–H groups in total. The first-order valence-electron chi connectivity index (χ1n) is 7.29. The molecule has 1 spiro atoms. The Morgan fingerprint density at radius 1 is 1.43 bits per heavy atom. The lowest BCUT2D eigenvalue weighted by molar-refractivity contribution is -0.128. The third-order valence-electron chi connectivity index (χ3n) is 4.48. The molecule has 0 atom stereocenters. The average Bonchev–Trinajstić information content (AvgIpc) is 3.04. The maximum Gasteiger partial charge on any atom is 0.246 e. The van der Waals surface area contributed by atoms with E-state index in [1.54, 1.807) is 23.0 Å². The van der Waals surface area contributed by atoms with Gasteiger partial charge in [-0.3, -0.25) is 14.3 Å². The third-order valence-corrected chi connectivity index (χ3v) is 4.48. The van der Waals surface area contributed by atoms with Crippen LogP contribution >= 0.6 is 0 Å². The summed E-state index contributed by atoms with van der Waals surface area (Å²) in [5.74, 6) is 0.178. The van der Waals surface area contributed by atoms with Gasteiger partial charge in [0.25, 0.3) is 0 Å². The maximum atomic E-state index is 12.2. The number of likely N-dealkylation sites (tertiary alicyclic amines) is 1. The predicted octanol–water partition coefficient (Wildman–Crippen LogP) is 0.562. The quantitative estimate of drug-likeness (QED) is 0.809. The molecule has 0 radical (unpaired) electrons. The fourth-order valence-electron chi connectivity index (χ4n) is 3.11. The molecule has 2 saturated heterocycles. The molecule has 1 aromatic heterocycles. The monoisotopic (exact) mass is 288 g/mol. The van der Waals surface area contributed by atoms with E-state index in [4.69, 9.17) is 0 Å². The fourth-order valence-corrected chi connectivity index (χ4v) is 3.11. The summed E-state index contributed by atoms with van der Waals surface area (Å²) in [6, 6.07) is 0. The van der Waals surface area contributed by atoms with Gasteiger partial charge in [0.15, 0.2) is 0 Å². The summed E-state index contributed by atoms with van der Waals surface area (Å²) < 4.78 is 1.71.